The van der Waals surface area contributed by atoms with Crippen molar-refractivity contribution in [3.63, 3.8) is 0 Å². The third-order valence-corrected chi connectivity index (χ3v) is 6.60. The second-order valence-electron chi connectivity index (χ2n) is 8.00. The van der Waals surface area contributed by atoms with Crippen molar-refractivity contribution in [2.75, 3.05) is 26.2 Å². The van der Waals surface area contributed by atoms with E-state index in [1.54, 1.807) is 38.4 Å². The van der Waals surface area contributed by atoms with Crippen LogP contribution in [0.25, 0.3) is 0 Å². The van der Waals surface area contributed by atoms with Gasteiger partial charge in [-0.3, -0.25) is 14.5 Å². The van der Waals surface area contributed by atoms with E-state index in [2.05, 4.69) is 0 Å². The number of ether oxygens (including phenoxy) is 3. The zero-order chi connectivity index (χ0) is 23.0. The van der Waals surface area contributed by atoms with Gasteiger partial charge < -0.3 is 14.2 Å². The van der Waals surface area contributed by atoms with Gasteiger partial charge in [0.15, 0.2) is 5.78 Å². The fourth-order valence-corrected chi connectivity index (χ4v) is 4.78. The molecule has 2 aromatic carbocycles. The number of allylic oxidation sites excluding steroid dienone is 2. The highest BCUT2D eigenvalue weighted by molar-refractivity contribution is 6.31. The number of anilines is 1. The third kappa shape index (κ3) is 3.73. The number of rotatable bonds is 5. The fraction of sp³-hybridized carbons (Fsp3) is 0.360. The van der Waals surface area contributed by atoms with Gasteiger partial charge in [0, 0.05) is 52.7 Å². The maximum atomic E-state index is 13.6. The van der Waals surface area contributed by atoms with Crippen molar-refractivity contribution in [3.05, 3.63) is 57.8 Å². The summed E-state index contributed by atoms with van der Waals surface area (Å²) in [5.41, 5.74) is 3.66. The number of methoxy groups -OCH3 is 3. The minimum absolute atomic E-state index is 0.0660. The second-order valence-corrected chi connectivity index (χ2v) is 8.41. The normalized spacial score (nSPS) is 18.5. The van der Waals surface area contributed by atoms with Crippen LogP contribution in [-0.2, 0) is 9.59 Å². The average Bonchev–Trinajstić information content (AvgIpc) is 2.80. The lowest BCUT2D eigenvalue weighted by Gasteiger charge is -2.39. The molecule has 32 heavy (non-hydrogen) atoms. The number of carbonyl (C=O) groups is 2. The van der Waals surface area contributed by atoms with Crippen LogP contribution in [-0.4, -0.2) is 33.0 Å². The van der Waals surface area contributed by atoms with Crippen LogP contribution in [0, 0.1) is 6.92 Å². The first-order chi connectivity index (χ1) is 15.4. The number of halogens is 1. The molecule has 0 fully saturated rings. The van der Waals surface area contributed by atoms with Crippen LogP contribution < -0.4 is 19.1 Å². The number of ketones is 1. The van der Waals surface area contributed by atoms with Gasteiger partial charge in [-0.1, -0.05) is 17.7 Å². The lowest BCUT2D eigenvalue weighted by molar-refractivity contribution is -0.120. The molecule has 0 saturated carbocycles. The Balaban J connectivity index is 1.91. The molecule has 1 amide bonds. The Hall–Kier alpha value is -2.99. The highest BCUT2D eigenvalue weighted by Gasteiger charge is 2.41. The molecule has 0 aromatic heterocycles. The zero-order valence-electron chi connectivity index (χ0n) is 18.7. The number of hydrogen-bond acceptors (Lipinski definition) is 5. The van der Waals surface area contributed by atoms with Crippen molar-refractivity contribution in [1.82, 2.24) is 0 Å². The Bertz CT molecular complexity index is 1120. The van der Waals surface area contributed by atoms with E-state index < -0.39 is 0 Å². The van der Waals surface area contributed by atoms with Gasteiger partial charge in [0.2, 0.25) is 5.91 Å². The van der Waals surface area contributed by atoms with Crippen molar-refractivity contribution in [1.29, 1.82) is 0 Å². The topological polar surface area (TPSA) is 65.1 Å². The molecule has 4 rings (SSSR count). The standard InChI is InChI=1S/C25H26ClNO5/c1-14-10-20(23(32-4)13-18(14)26)27-19-6-5-7-21(28)25(19)17(12-24(27)29)16-9-8-15(30-2)11-22(16)31-3/h8-11,13,17H,5-7,12H2,1-4H3. The van der Waals surface area contributed by atoms with Gasteiger partial charge in [0.25, 0.3) is 0 Å². The van der Waals surface area contributed by atoms with E-state index in [9.17, 15) is 9.59 Å². The Morgan fingerprint density at radius 2 is 1.72 bits per heavy atom. The van der Waals surface area contributed by atoms with Crippen LogP contribution in [0.5, 0.6) is 17.2 Å². The first-order valence-corrected chi connectivity index (χ1v) is 10.9. The van der Waals surface area contributed by atoms with Crippen LogP contribution in [0.2, 0.25) is 5.02 Å². The molecule has 2 aliphatic rings. The lowest BCUT2D eigenvalue weighted by Crippen LogP contribution is -2.40. The number of amides is 1. The predicted molar refractivity (Wildman–Crippen MR) is 123 cm³/mol. The molecule has 1 aliphatic heterocycles. The van der Waals surface area contributed by atoms with E-state index in [1.165, 1.54) is 0 Å². The Morgan fingerprint density at radius 3 is 2.41 bits per heavy atom. The molecule has 7 heteroatoms. The Morgan fingerprint density at radius 1 is 0.969 bits per heavy atom. The summed E-state index contributed by atoms with van der Waals surface area (Å²) < 4.78 is 16.4. The number of aryl methyl sites for hydroxylation is 1. The SMILES string of the molecule is COc1ccc(C2CC(=O)N(c3cc(C)c(Cl)cc3OC)C3=C2C(=O)CCC3)c(OC)c1. The summed E-state index contributed by atoms with van der Waals surface area (Å²) in [7, 11) is 4.71. The summed E-state index contributed by atoms with van der Waals surface area (Å²) in [6.45, 7) is 1.88. The number of benzene rings is 2. The summed E-state index contributed by atoms with van der Waals surface area (Å²) in [6, 6.07) is 9.05. The molecule has 2 aromatic rings. The first kappa shape index (κ1) is 22.2. The quantitative estimate of drug-likeness (QED) is 0.619. The third-order valence-electron chi connectivity index (χ3n) is 6.19. The van der Waals surface area contributed by atoms with Crippen molar-refractivity contribution >= 4 is 29.0 Å². The van der Waals surface area contributed by atoms with Crippen LogP contribution >= 0.6 is 11.6 Å². The van der Waals surface area contributed by atoms with Gasteiger partial charge in [-0.05, 0) is 37.5 Å². The number of Topliss-reactive ketones (excluding diaryl/α,β-unsaturated/α-hetero) is 1. The molecule has 0 spiro atoms. The molecule has 0 N–H and O–H groups in total. The molecule has 0 saturated heterocycles. The van der Waals surface area contributed by atoms with Crippen molar-refractivity contribution in [2.45, 2.75) is 38.5 Å². The highest BCUT2D eigenvalue weighted by atomic mass is 35.5. The smallest absolute Gasteiger partial charge is 0.232 e. The molecule has 0 bridgehead atoms. The van der Waals surface area contributed by atoms with Gasteiger partial charge in [-0.15, -0.1) is 0 Å². The summed E-state index contributed by atoms with van der Waals surface area (Å²) in [6.07, 6.45) is 1.94. The molecular formula is C25H26ClNO5. The zero-order valence-corrected chi connectivity index (χ0v) is 19.4. The van der Waals surface area contributed by atoms with Gasteiger partial charge >= 0.3 is 0 Å². The average molecular weight is 456 g/mol. The molecule has 1 aliphatic carbocycles. The van der Waals surface area contributed by atoms with E-state index in [0.717, 1.165) is 16.8 Å². The molecule has 168 valence electrons. The molecule has 0 radical (unpaired) electrons. The minimum atomic E-state index is -0.373. The van der Waals surface area contributed by atoms with Crippen LogP contribution in [0.1, 0.15) is 42.7 Å². The lowest BCUT2D eigenvalue weighted by atomic mass is 9.76. The summed E-state index contributed by atoms with van der Waals surface area (Å²) in [5.74, 6) is 1.35. The van der Waals surface area contributed by atoms with Crippen LogP contribution in [0.4, 0.5) is 5.69 Å². The monoisotopic (exact) mass is 455 g/mol. The molecule has 1 heterocycles. The van der Waals surface area contributed by atoms with Gasteiger partial charge in [-0.25, -0.2) is 0 Å². The van der Waals surface area contributed by atoms with Crippen LogP contribution in [0.3, 0.4) is 0 Å². The summed E-state index contributed by atoms with van der Waals surface area (Å²) in [5, 5.41) is 0.560. The summed E-state index contributed by atoms with van der Waals surface area (Å²) >= 11 is 6.29. The van der Waals surface area contributed by atoms with E-state index in [4.69, 9.17) is 25.8 Å². The maximum Gasteiger partial charge on any atom is 0.232 e. The van der Waals surface area contributed by atoms with Gasteiger partial charge in [-0.2, -0.15) is 0 Å². The van der Waals surface area contributed by atoms with E-state index in [0.29, 0.717) is 52.8 Å². The first-order valence-electron chi connectivity index (χ1n) is 10.5. The maximum absolute atomic E-state index is 13.6. The number of carbonyl (C=O) groups excluding carboxylic acids is 2. The van der Waals surface area contributed by atoms with Crippen LogP contribution in [0.15, 0.2) is 41.6 Å². The van der Waals surface area contributed by atoms with E-state index in [1.807, 2.05) is 25.1 Å². The van der Waals surface area contributed by atoms with E-state index >= 15 is 0 Å². The second kappa shape index (κ2) is 8.87. The van der Waals surface area contributed by atoms with Gasteiger partial charge in [0.1, 0.15) is 17.2 Å². The highest BCUT2D eigenvalue weighted by Crippen LogP contribution is 2.48. The molecule has 6 nitrogen and oxygen atoms in total. The molecule has 1 unspecified atom stereocenters. The largest absolute Gasteiger partial charge is 0.497 e. The molecule has 1 atom stereocenters. The fourth-order valence-electron chi connectivity index (χ4n) is 4.63. The Labute approximate surface area is 192 Å². The Kier molecular flexibility index (Phi) is 6.15. The summed E-state index contributed by atoms with van der Waals surface area (Å²) in [4.78, 5) is 28.4. The molecular weight excluding hydrogens is 430 g/mol. The minimum Gasteiger partial charge on any atom is -0.497 e. The van der Waals surface area contributed by atoms with Crippen molar-refractivity contribution in [2.24, 2.45) is 0 Å². The van der Waals surface area contributed by atoms with E-state index in [-0.39, 0.29) is 24.0 Å². The number of hydrogen-bond donors (Lipinski definition) is 0. The van der Waals surface area contributed by atoms with Gasteiger partial charge in [0.05, 0.1) is 27.0 Å². The number of nitrogens with zero attached hydrogens (tertiary/aromatic N) is 1. The van der Waals surface area contributed by atoms with Crippen molar-refractivity contribution < 1.29 is 23.8 Å². The predicted octanol–water partition coefficient (Wildman–Crippen LogP) is 5.20. The van der Waals surface area contributed by atoms with Crippen molar-refractivity contribution in [3.8, 4) is 17.2 Å².